The Labute approximate surface area is 134 Å². The summed E-state index contributed by atoms with van der Waals surface area (Å²) in [6.07, 6.45) is 0.412. The molecule has 0 bridgehead atoms. The number of carbonyl (C=O) groups excluding carboxylic acids is 2. The van der Waals surface area contributed by atoms with Gasteiger partial charge in [-0.25, -0.2) is 9.59 Å². The minimum Gasteiger partial charge on any atom is -0.444 e. The quantitative estimate of drug-likeness (QED) is 0.670. The number of fused-ring (bicyclic) bond motifs is 1. The molecule has 2 aromatic carbocycles. The summed E-state index contributed by atoms with van der Waals surface area (Å²) in [5.74, 6) is -0.600. The minimum absolute atomic E-state index is 0.231. The van der Waals surface area contributed by atoms with Gasteiger partial charge in [-0.1, -0.05) is 30.8 Å². The van der Waals surface area contributed by atoms with Crippen LogP contribution < -0.4 is 5.32 Å². The predicted molar refractivity (Wildman–Crippen MR) is 89.4 cm³/mol. The minimum atomic E-state index is -0.638. The number of carbonyl (C=O) groups is 2. The van der Waals surface area contributed by atoms with Gasteiger partial charge >= 0.3 is 12.1 Å². The summed E-state index contributed by atoms with van der Waals surface area (Å²) in [6.45, 7) is 8.66. The van der Waals surface area contributed by atoms with Crippen LogP contribution in [0.5, 0.6) is 0 Å². The summed E-state index contributed by atoms with van der Waals surface area (Å²) < 4.78 is 10.1. The first-order valence-corrected chi connectivity index (χ1v) is 7.15. The number of amides is 1. The van der Waals surface area contributed by atoms with E-state index in [9.17, 15) is 9.59 Å². The highest BCUT2D eigenvalue weighted by Gasteiger charge is 2.20. The second-order valence-electron chi connectivity index (χ2n) is 5.94. The van der Waals surface area contributed by atoms with Crippen LogP contribution >= 0.6 is 0 Å². The lowest BCUT2D eigenvalue weighted by molar-refractivity contribution is 0.0636. The standard InChI is InChI=1S/C18H19NO4/c1-5-22-16(20)14-10-12-8-6-7-9-13(12)11-15(14)19-17(21)23-18(2,3)4/h5-11H,1H2,2-4H3,(H,19,21). The Hall–Kier alpha value is -2.82. The molecule has 0 heterocycles. The molecule has 120 valence electrons. The fourth-order valence-corrected chi connectivity index (χ4v) is 2.07. The second-order valence-corrected chi connectivity index (χ2v) is 5.94. The van der Waals surface area contributed by atoms with Crippen molar-refractivity contribution in [3.63, 3.8) is 0 Å². The molecule has 0 fully saturated rings. The smallest absolute Gasteiger partial charge is 0.412 e. The number of benzene rings is 2. The van der Waals surface area contributed by atoms with Gasteiger partial charge in [0.05, 0.1) is 17.5 Å². The Morgan fingerprint density at radius 2 is 1.74 bits per heavy atom. The molecule has 0 aromatic heterocycles. The number of rotatable bonds is 3. The number of ether oxygens (including phenoxy) is 2. The van der Waals surface area contributed by atoms with Crippen LogP contribution in [0.15, 0.2) is 49.2 Å². The Morgan fingerprint density at radius 3 is 2.30 bits per heavy atom. The third kappa shape index (κ3) is 4.32. The van der Waals surface area contributed by atoms with E-state index >= 15 is 0 Å². The third-order valence-corrected chi connectivity index (χ3v) is 2.93. The first kappa shape index (κ1) is 16.5. The summed E-state index contributed by atoms with van der Waals surface area (Å²) in [4.78, 5) is 24.1. The van der Waals surface area contributed by atoms with E-state index in [4.69, 9.17) is 9.47 Å². The van der Waals surface area contributed by atoms with Crippen molar-refractivity contribution in [2.75, 3.05) is 5.32 Å². The van der Waals surface area contributed by atoms with Crippen molar-refractivity contribution in [2.45, 2.75) is 26.4 Å². The summed E-state index contributed by atoms with van der Waals surface area (Å²) in [5.41, 5.74) is -0.0813. The maximum Gasteiger partial charge on any atom is 0.412 e. The van der Waals surface area contributed by atoms with Gasteiger partial charge in [0, 0.05) is 0 Å². The van der Waals surface area contributed by atoms with E-state index in [1.54, 1.807) is 32.9 Å². The van der Waals surface area contributed by atoms with E-state index < -0.39 is 17.7 Å². The number of hydrogen-bond donors (Lipinski definition) is 1. The van der Waals surface area contributed by atoms with E-state index in [0.717, 1.165) is 17.0 Å². The maximum atomic E-state index is 12.1. The van der Waals surface area contributed by atoms with Crippen LogP contribution in [0.2, 0.25) is 0 Å². The number of nitrogens with one attached hydrogen (secondary N) is 1. The topological polar surface area (TPSA) is 64.6 Å². The van der Waals surface area contributed by atoms with Crippen LogP contribution in [0.4, 0.5) is 10.5 Å². The Balaban J connectivity index is 2.42. The molecule has 0 atom stereocenters. The van der Waals surface area contributed by atoms with Crippen LogP contribution in [0.3, 0.4) is 0 Å². The summed E-state index contributed by atoms with van der Waals surface area (Å²) in [5, 5.41) is 4.34. The number of esters is 1. The molecule has 0 aliphatic rings. The number of anilines is 1. The molecule has 23 heavy (non-hydrogen) atoms. The van der Waals surface area contributed by atoms with Gasteiger partial charge in [0.15, 0.2) is 0 Å². The lowest BCUT2D eigenvalue weighted by atomic mass is 10.0. The van der Waals surface area contributed by atoms with Gasteiger partial charge in [0.2, 0.25) is 0 Å². The Bertz CT molecular complexity index is 759. The van der Waals surface area contributed by atoms with Crippen molar-refractivity contribution in [1.29, 1.82) is 0 Å². The summed E-state index contributed by atoms with van der Waals surface area (Å²) in [7, 11) is 0. The molecule has 0 aliphatic carbocycles. The highest BCUT2D eigenvalue weighted by molar-refractivity contribution is 6.05. The van der Waals surface area contributed by atoms with E-state index in [1.807, 2.05) is 24.3 Å². The van der Waals surface area contributed by atoms with Gasteiger partial charge in [-0.05, 0) is 43.7 Å². The Morgan fingerprint density at radius 1 is 1.13 bits per heavy atom. The Kier molecular flexibility index (Phi) is 4.69. The lowest BCUT2D eigenvalue weighted by Gasteiger charge is -2.20. The SMILES string of the molecule is C=COC(=O)c1cc2ccccc2cc1NC(=O)OC(C)(C)C. The third-order valence-electron chi connectivity index (χ3n) is 2.93. The highest BCUT2D eigenvalue weighted by Crippen LogP contribution is 2.25. The van der Waals surface area contributed by atoms with Gasteiger partial charge in [-0.2, -0.15) is 0 Å². The first-order chi connectivity index (χ1) is 10.8. The molecule has 0 aliphatic heterocycles. The molecule has 0 saturated carbocycles. The fourth-order valence-electron chi connectivity index (χ4n) is 2.07. The fraction of sp³-hybridized carbons (Fsp3) is 0.222. The normalized spacial score (nSPS) is 10.9. The first-order valence-electron chi connectivity index (χ1n) is 7.15. The maximum absolute atomic E-state index is 12.1. The van der Waals surface area contributed by atoms with Gasteiger partial charge in [-0.15, -0.1) is 0 Å². The van der Waals surface area contributed by atoms with Crippen molar-refractivity contribution in [3.8, 4) is 0 Å². The van der Waals surface area contributed by atoms with Crippen LogP contribution in [-0.4, -0.2) is 17.7 Å². The summed E-state index contributed by atoms with van der Waals surface area (Å²) in [6, 6.07) is 10.9. The van der Waals surface area contributed by atoms with Crippen molar-refractivity contribution >= 4 is 28.5 Å². The molecule has 2 aromatic rings. The molecule has 1 amide bonds. The molecule has 0 unspecified atom stereocenters. The van der Waals surface area contributed by atoms with Crippen molar-refractivity contribution in [2.24, 2.45) is 0 Å². The van der Waals surface area contributed by atoms with Crippen LogP contribution in [0, 0.1) is 0 Å². The molecule has 0 spiro atoms. The van der Waals surface area contributed by atoms with E-state index in [0.29, 0.717) is 5.69 Å². The van der Waals surface area contributed by atoms with Crippen LogP contribution in [0.1, 0.15) is 31.1 Å². The van der Waals surface area contributed by atoms with E-state index in [2.05, 4.69) is 11.9 Å². The molecule has 5 heteroatoms. The van der Waals surface area contributed by atoms with Crippen molar-refractivity contribution in [1.82, 2.24) is 0 Å². The zero-order valence-corrected chi connectivity index (χ0v) is 13.4. The summed E-state index contributed by atoms with van der Waals surface area (Å²) >= 11 is 0. The zero-order chi connectivity index (χ0) is 17.0. The molecular weight excluding hydrogens is 294 g/mol. The van der Waals surface area contributed by atoms with Crippen molar-refractivity contribution in [3.05, 3.63) is 54.8 Å². The van der Waals surface area contributed by atoms with Crippen molar-refractivity contribution < 1.29 is 19.1 Å². The average Bonchev–Trinajstić information content (AvgIpc) is 2.44. The molecule has 5 nitrogen and oxygen atoms in total. The zero-order valence-electron chi connectivity index (χ0n) is 13.4. The monoisotopic (exact) mass is 313 g/mol. The van der Waals surface area contributed by atoms with Crippen LogP contribution in [0.25, 0.3) is 10.8 Å². The van der Waals surface area contributed by atoms with E-state index in [1.165, 1.54) is 0 Å². The predicted octanol–water partition coefficient (Wildman–Crippen LogP) is 4.49. The molecule has 2 rings (SSSR count). The van der Waals surface area contributed by atoms with E-state index in [-0.39, 0.29) is 5.56 Å². The molecule has 0 radical (unpaired) electrons. The average molecular weight is 313 g/mol. The van der Waals surface area contributed by atoms with Gasteiger partial charge in [0.25, 0.3) is 0 Å². The lowest BCUT2D eigenvalue weighted by Crippen LogP contribution is -2.27. The largest absolute Gasteiger partial charge is 0.444 e. The van der Waals surface area contributed by atoms with Gasteiger partial charge < -0.3 is 9.47 Å². The van der Waals surface area contributed by atoms with Crippen LogP contribution in [-0.2, 0) is 9.47 Å². The number of hydrogen-bond acceptors (Lipinski definition) is 4. The van der Waals surface area contributed by atoms with Gasteiger partial charge in [0.1, 0.15) is 5.60 Å². The second kappa shape index (κ2) is 6.52. The molecule has 1 N–H and O–H groups in total. The molecular formula is C18H19NO4. The molecule has 0 saturated heterocycles. The van der Waals surface area contributed by atoms with Gasteiger partial charge in [-0.3, -0.25) is 5.32 Å². The highest BCUT2D eigenvalue weighted by atomic mass is 16.6.